The highest BCUT2D eigenvalue weighted by Gasteiger charge is 2.23. The Morgan fingerprint density at radius 2 is 1.71 bits per heavy atom. The zero-order valence-corrected chi connectivity index (χ0v) is 15.3. The molecule has 1 N–H and O–H groups in total. The molecule has 1 aromatic rings. The van der Waals surface area contributed by atoms with Gasteiger partial charge in [0.2, 0.25) is 0 Å². The number of hydrogen-bond donors (Lipinski definition) is 1. The fraction of sp³-hybridized carbons (Fsp3) is 0.591. The molecule has 2 nitrogen and oxygen atoms in total. The van der Waals surface area contributed by atoms with E-state index in [0.29, 0.717) is 24.9 Å². The SMILES string of the molecule is CC#CC(C)(C)Cc1ccc(C(=O)CC2CCC(CO)CC2)cc1. The first-order valence-corrected chi connectivity index (χ1v) is 9.10. The van der Waals surface area contributed by atoms with Gasteiger partial charge in [0.15, 0.2) is 5.78 Å². The fourth-order valence-corrected chi connectivity index (χ4v) is 3.70. The van der Waals surface area contributed by atoms with Crippen LogP contribution in [0.3, 0.4) is 0 Å². The Labute approximate surface area is 146 Å². The van der Waals surface area contributed by atoms with Crippen LogP contribution in [0.4, 0.5) is 0 Å². The first-order chi connectivity index (χ1) is 11.4. The standard InChI is InChI=1S/C22H30O2/c1-4-13-22(2,3)15-18-9-11-20(12-10-18)21(24)14-17-5-7-19(16-23)8-6-17/h9-12,17,19,23H,5-8,14-16H2,1-3H3. The summed E-state index contributed by atoms with van der Waals surface area (Å²) in [7, 11) is 0. The van der Waals surface area contributed by atoms with Crippen LogP contribution in [0.5, 0.6) is 0 Å². The van der Waals surface area contributed by atoms with Crippen molar-refractivity contribution < 1.29 is 9.90 Å². The van der Waals surface area contributed by atoms with Gasteiger partial charge in [-0.05, 0) is 70.3 Å². The molecule has 0 saturated heterocycles. The molecule has 0 aromatic heterocycles. The second-order valence-corrected chi connectivity index (χ2v) is 7.83. The van der Waals surface area contributed by atoms with E-state index in [1.54, 1.807) is 0 Å². The summed E-state index contributed by atoms with van der Waals surface area (Å²) in [5.41, 5.74) is 2.01. The third kappa shape index (κ3) is 5.49. The molecule has 24 heavy (non-hydrogen) atoms. The van der Waals surface area contributed by atoms with E-state index >= 15 is 0 Å². The summed E-state index contributed by atoms with van der Waals surface area (Å²) in [5, 5.41) is 9.20. The molecular formula is C22H30O2. The minimum absolute atomic E-state index is 0.0361. The molecule has 0 heterocycles. The number of rotatable bonds is 6. The van der Waals surface area contributed by atoms with Crippen molar-refractivity contribution in [2.24, 2.45) is 17.3 Å². The second kappa shape index (κ2) is 8.49. The lowest BCUT2D eigenvalue weighted by atomic mass is 9.79. The van der Waals surface area contributed by atoms with Gasteiger partial charge in [0, 0.05) is 24.0 Å². The molecule has 2 heteroatoms. The molecule has 1 aliphatic rings. The van der Waals surface area contributed by atoms with E-state index in [9.17, 15) is 9.90 Å². The molecular weight excluding hydrogens is 296 g/mol. The lowest BCUT2D eigenvalue weighted by Crippen LogP contribution is -2.19. The Morgan fingerprint density at radius 1 is 1.12 bits per heavy atom. The van der Waals surface area contributed by atoms with Crippen molar-refractivity contribution in [1.82, 2.24) is 0 Å². The van der Waals surface area contributed by atoms with Gasteiger partial charge in [0.05, 0.1) is 0 Å². The zero-order valence-electron chi connectivity index (χ0n) is 15.3. The third-order valence-corrected chi connectivity index (χ3v) is 5.08. The molecule has 0 bridgehead atoms. The van der Waals surface area contributed by atoms with Crippen molar-refractivity contribution in [3.05, 3.63) is 35.4 Å². The molecule has 0 amide bonds. The fourth-order valence-electron chi connectivity index (χ4n) is 3.70. The van der Waals surface area contributed by atoms with Crippen molar-refractivity contribution in [2.45, 2.75) is 59.3 Å². The normalized spacial score (nSPS) is 21.0. The molecule has 0 spiro atoms. The van der Waals surface area contributed by atoms with Gasteiger partial charge in [-0.15, -0.1) is 5.92 Å². The quantitative estimate of drug-likeness (QED) is 0.610. The van der Waals surface area contributed by atoms with Gasteiger partial charge in [0.1, 0.15) is 0 Å². The van der Waals surface area contributed by atoms with Crippen molar-refractivity contribution in [1.29, 1.82) is 0 Å². The number of carbonyl (C=O) groups excluding carboxylic acids is 1. The van der Waals surface area contributed by atoms with Crippen molar-refractivity contribution >= 4 is 5.78 Å². The maximum absolute atomic E-state index is 12.5. The van der Waals surface area contributed by atoms with Gasteiger partial charge >= 0.3 is 0 Å². The van der Waals surface area contributed by atoms with Crippen LogP contribution in [-0.4, -0.2) is 17.5 Å². The van der Waals surface area contributed by atoms with E-state index in [1.165, 1.54) is 5.56 Å². The summed E-state index contributed by atoms with van der Waals surface area (Å²) in [5.74, 6) is 7.41. The smallest absolute Gasteiger partial charge is 0.163 e. The molecule has 0 atom stereocenters. The van der Waals surface area contributed by atoms with E-state index < -0.39 is 0 Å². The van der Waals surface area contributed by atoms with Gasteiger partial charge in [-0.25, -0.2) is 0 Å². The highest BCUT2D eigenvalue weighted by atomic mass is 16.3. The first-order valence-electron chi connectivity index (χ1n) is 9.10. The Bertz CT molecular complexity index is 593. The predicted molar refractivity (Wildman–Crippen MR) is 98.9 cm³/mol. The van der Waals surface area contributed by atoms with Crippen LogP contribution in [0.1, 0.15) is 68.8 Å². The molecule has 0 radical (unpaired) electrons. The molecule has 1 fully saturated rings. The molecule has 1 aliphatic carbocycles. The van der Waals surface area contributed by atoms with Gasteiger partial charge in [0.25, 0.3) is 0 Å². The number of benzene rings is 1. The highest BCUT2D eigenvalue weighted by Crippen LogP contribution is 2.31. The lowest BCUT2D eigenvalue weighted by Gasteiger charge is -2.26. The van der Waals surface area contributed by atoms with E-state index in [0.717, 1.165) is 37.7 Å². The number of aliphatic hydroxyl groups is 1. The van der Waals surface area contributed by atoms with Crippen LogP contribution in [0.25, 0.3) is 0 Å². The van der Waals surface area contributed by atoms with Crippen molar-refractivity contribution in [2.75, 3.05) is 6.61 Å². The van der Waals surface area contributed by atoms with E-state index in [2.05, 4.69) is 37.8 Å². The predicted octanol–water partition coefficient (Wildman–Crippen LogP) is 4.65. The monoisotopic (exact) mass is 326 g/mol. The Kier molecular flexibility index (Phi) is 6.63. The van der Waals surface area contributed by atoms with Crippen LogP contribution in [-0.2, 0) is 6.42 Å². The number of Topliss-reactive ketones (excluding diaryl/α,β-unsaturated/α-hetero) is 1. The second-order valence-electron chi connectivity index (χ2n) is 7.83. The van der Waals surface area contributed by atoms with Gasteiger partial charge in [-0.1, -0.05) is 30.2 Å². The summed E-state index contributed by atoms with van der Waals surface area (Å²) < 4.78 is 0. The Hall–Kier alpha value is -1.59. The summed E-state index contributed by atoms with van der Waals surface area (Å²) in [6, 6.07) is 8.06. The third-order valence-electron chi connectivity index (χ3n) is 5.08. The lowest BCUT2D eigenvalue weighted by molar-refractivity contribution is 0.0932. The van der Waals surface area contributed by atoms with Crippen molar-refractivity contribution in [3.63, 3.8) is 0 Å². The molecule has 1 aromatic carbocycles. The van der Waals surface area contributed by atoms with Crippen LogP contribution in [0.2, 0.25) is 0 Å². The molecule has 130 valence electrons. The summed E-state index contributed by atoms with van der Waals surface area (Å²) >= 11 is 0. The van der Waals surface area contributed by atoms with E-state index in [1.807, 2.05) is 19.1 Å². The van der Waals surface area contributed by atoms with Crippen molar-refractivity contribution in [3.8, 4) is 11.8 Å². The summed E-state index contributed by atoms with van der Waals surface area (Å²) in [6.45, 7) is 6.45. The number of carbonyl (C=O) groups is 1. The molecule has 2 rings (SSSR count). The topological polar surface area (TPSA) is 37.3 Å². The highest BCUT2D eigenvalue weighted by molar-refractivity contribution is 5.96. The first kappa shape index (κ1) is 18.7. The molecule has 0 unspecified atom stereocenters. The van der Waals surface area contributed by atoms with Crippen LogP contribution in [0.15, 0.2) is 24.3 Å². The summed E-state index contributed by atoms with van der Waals surface area (Å²) in [6.07, 6.45) is 5.79. The van der Waals surface area contributed by atoms with Gasteiger partial charge < -0.3 is 5.11 Å². The molecule has 1 saturated carbocycles. The van der Waals surface area contributed by atoms with Crippen LogP contribution >= 0.6 is 0 Å². The van der Waals surface area contributed by atoms with Gasteiger partial charge in [-0.2, -0.15) is 0 Å². The van der Waals surface area contributed by atoms with Crippen LogP contribution < -0.4 is 0 Å². The van der Waals surface area contributed by atoms with Gasteiger partial charge in [-0.3, -0.25) is 4.79 Å². The number of ketones is 1. The summed E-state index contributed by atoms with van der Waals surface area (Å²) in [4.78, 5) is 12.5. The Morgan fingerprint density at radius 3 is 2.25 bits per heavy atom. The number of hydrogen-bond acceptors (Lipinski definition) is 2. The average Bonchev–Trinajstić information content (AvgIpc) is 2.55. The minimum atomic E-state index is -0.0361. The maximum atomic E-state index is 12.5. The largest absolute Gasteiger partial charge is 0.396 e. The zero-order chi connectivity index (χ0) is 17.6. The molecule has 0 aliphatic heterocycles. The maximum Gasteiger partial charge on any atom is 0.163 e. The van der Waals surface area contributed by atoms with E-state index in [-0.39, 0.29) is 11.2 Å². The van der Waals surface area contributed by atoms with Crippen LogP contribution in [0, 0.1) is 29.1 Å². The average molecular weight is 326 g/mol. The Balaban J connectivity index is 1.90. The number of aliphatic hydroxyl groups excluding tert-OH is 1. The van der Waals surface area contributed by atoms with E-state index in [4.69, 9.17) is 0 Å². The minimum Gasteiger partial charge on any atom is -0.396 e.